The van der Waals surface area contributed by atoms with E-state index in [2.05, 4.69) is 118 Å². The molecule has 0 fully saturated rings. The monoisotopic (exact) mass is 1000 g/mol. The molecule has 6 heteroatoms. The van der Waals surface area contributed by atoms with Crippen LogP contribution in [0.2, 0.25) is 0 Å². The van der Waals surface area contributed by atoms with Gasteiger partial charge in [-0.05, 0) is 103 Å². The average molecular weight is 1000 g/mol. The molecule has 0 saturated carbocycles. The minimum Gasteiger partial charge on any atom is -0.462 e. The summed E-state index contributed by atoms with van der Waals surface area (Å²) in [6.45, 7) is 6.47. The summed E-state index contributed by atoms with van der Waals surface area (Å²) in [7, 11) is 0. The molecular weight excluding hydrogens is 889 g/mol. The van der Waals surface area contributed by atoms with E-state index in [0.717, 1.165) is 122 Å². The zero-order valence-corrected chi connectivity index (χ0v) is 47.2. The Labute approximate surface area is 445 Å². The van der Waals surface area contributed by atoms with Crippen molar-refractivity contribution in [1.29, 1.82) is 0 Å². The van der Waals surface area contributed by atoms with Crippen molar-refractivity contribution >= 4 is 17.9 Å². The molecule has 0 aliphatic rings. The highest BCUT2D eigenvalue weighted by Crippen LogP contribution is 2.16. The van der Waals surface area contributed by atoms with Gasteiger partial charge in [-0.3, -0.25) is 14.4 Å². The first kappa shape index (κ1) is 68.3. The van der Waals surface area contributed by atoms with Crippen LogP contribution in [0.25, 0.3) is 0 Å². The highest BCUT2D eigenvalue weighted by Gasteiger charge is 2.19. The number of hydrogen-bond donors (Lipinski definition) is 0. The van der Waals surface area contributed by atoms with Crippen molar-refractivity contribution in [3.63, 3.8) is 0 Å². The third kappa shape index (κ3) is 57.2. The second-order valence-electron chi connectivity index (χ2n) is 19.9. The zero-order valence-electron chi connectivity index (χ0n) is 47.2. The maximum absolute atomic E-state index is 12.9. The molecule has 0 aromatic rings. The molecule has 0 heterocycles. The fourth-order valence-electron chi connectivity index (χ4n) is 8.30. The van der Waals surface area contributed by atoms with Crippen LogP contribution in [0.4, 0.5) is 0 Å². The predicted octanol–water partition coefficient (Wildman–Crippen LogP) is 20.5. The third-order valence-corrected chi connectivity index (χ3v) is 12.8. The highest BCUT2D eigenvalue weighted by atomic mass is 16.6. The van der Waals surface area contributed by atoms with Crippen LogP contribution in [0.3, 0.4) is 0 Å². The van der Waals surface area contributed by atoms with Crippen LogP contribution in [0.1, 0.15) is 284 Å². The fourth-order valence-corrected chi connectivity index (χ4v) is 8.30. The molecule has 0 aromatic carbocycles. The normalized spacial score (nSPS) is 12.8. The maximum Gasteiger partial charge on any atom is 0.306 e. The molecule has 0 aromatic heterocycles. The van der Waals surface area contributed by atoms with Crippen molar-refractivity contribution in [3.05, 3.63) is 97.2 Å². The van der Waals surface area contributed by atoms with E-state index < -0.39 is 6.10 Å². The van der Waals surface area contributed by atoms with Crippen molar-refractivity contribution < 1.29 is 28.6 Å². The van der Waals surface area contributed by atoms with Gasteiger partial charge in [-0.15, -0.1) is 0 Å². The summed E-state index contributed by atoms with van der Waals surface area (Å²) in [6, 6.07) is 0. The summed E-state index contributed by atoms with van der Waals surface area (Å²) in [5.74, 6) is -0.942. The predicted molar refractivity (Wildman–Crippen MR) is 311 cm³/mol. The van der Waals surface area contributed by atoms with E-state index in [1.54, 1.807) is 0 Å². The molecule has 6 nitrogen and oxygen atoms in total. The molecule has 0 unspecified atom stereocenters. The standard InChI is InChI=1S/C66H112O6/c1-4-7-10-13-16-19-22-25-28-31-33-36-38-41-44-47-50-53-56-59-65(68)71-62-63(61-70-64(67)58-55-52-49-46-43-40-37-34-30-27-24-21-18-15-12-9-6-3)72-66(69)60-57-54-51-48-45-42-39-35-32-29-26-23-20-17-14-11-8-5-2/h7,10,16,18-19,21,25,27-28,30,33,36-37,40-41,44,63H,4-6,8-9,11-15,17,20,22-24,26,29,31-32,34-35,38-39,42-43,45-62H2,1-3H3/b10-7-,19-16-,21-18-,28-25-,30-27-,36-33-,40-37-,44-41-/t63-/m1/s1. The van der Waals surface area contributed by atoms with E-state index in [0.29, 0.717) is 19.3 Å². The Bertz CT molecular complexity index is 1430. The van der Waals surface area contributed by atoms with Crippen LogP contribution < -0.4 is 0 Å². The van der Waals surface area contributed by atoms with Crippen LogP contribution in [0, 0.1) is 0 Å². The lowest BCUT2D eigenvalue weighted by Crippen LogP contribution is -2.30. The first-order valence-electron chi connectivity index (χ1n) is 30.2. The van der Waals surface area contributed by atoms with Crippen LogP contribution in [-0.2, 0) is 28.6 Å². The van der Waals surface area contributed by atoms with Gasteiger partial charge in [0.2, 0.25) is 0 Å². The smallest absolute Gasteiger partial charge is 0.306 e. The van der Waals surface area contributed by atoms with Gasteiger partial charge in [0.25, 0.3) is 0 Å². The van der Waals surface area contributed by atoms with Gasteiger partial charge in [0.1, 0.15) is 13.2 Å². The summed E-state index contributed by atoms with van der Waals surface area (Å²) >= 11 is 0. The van der Waals surface area contributed by atoms with E-state index in [1.165, 1.54) is 122 Å². The van der Waals surface area contributed by atoms with Crippen molar-refractivity contribution in [2.45, 2.75) is 290 Å². The molecule has 0 aliphatic carbocycles. The average Bonchev–Trinajstić information content (AvgIpc) is 3.38. The molecule has 0 aliphatic heterocycles. The largest absolute Gasteiger partial charge is 0.462 e. The number of carbonyl (C=O) groups is 3. The Morgan fingerprint density at radius 2 is 0.542 bits per heavy atom. The molecule has 0 N–H and O–H groups in total. The summed E-state index contributed by atoms with van der Waals surface area (Å²) in [6.07, 6.45) is 79.7. The van der Waals surface area contributed by atoms with Gasteiger partial charge in [-0.2, -0.15) is 0 Å². The van der Waals surface area contributed by atoms with Crippen molar-refractivity contribution in [2.24, 2.45) is 0 Å². The lowest BCUT2D eigenvalue weighted by molar-refractivity contribution is -0.167. The van der Waals surface area contributed by atoms with E-state index in [9.17, 15) is 14.4 Å². The number of rotatable bonds is 54. The minimum atomic E-state index is -0.801. The number of ether oxygens (including phenoxy) is 3. The third-order valence-electron chi connectivity index (χ3n) is 12.8. The zero-order chi connectivity index (χ0) is 52.2. The van der Waals surface area contributed by atoms with Gasteiger partial charge in [0.15, 0.2) is 6.10 Å². The first-order chi connectivity index (χ1) is 35.5. The number of allylic oxidation sites excluding steroid dienone is 16. The maximum atomic E-state index is 12.9. The van der Waals surface area contributed by atoms with Gasteiger partial charge >= 0.3 is 17.9 Å². The lowest BCUT2D eigenvalue weighted by Gasteiger charge is -2.18. The molecule has 0 rings (SSSR count). The quantitative estimate of drug-likeness (QED) is 0.0261. The highest BCUT2D eigenvalue weighted by molar-refractivity contribution is 5.71. The summed E-state index contributed by atoms with van der Waals surface area (Å²) in [5, 5.41) is 0. The molecular formula is C66H112O6. The molecule has 0 radical (unpaired) electrons. The van der Waals surface area contributed by atoms with E-state index >= 15 is 0 Å². The van der Waals surface area contributed by atoms with Gasteiger partial charge in [-0.25, -0.2) is 0 Å². The summed E-state index contributed by atoms with van der Waals surface area (Å²) in [5.41, 5.74) is 0. The number of unbranched alkanes of at least 4 members (excludes halogenated alkanes) is 27. The van der Waals surface area contributed by atoms with Gasteiger partial charge < -0.3 is 14.2 Å². The van der Waals surface area contributed by atoms with Crippen LogP contribution in [0.15, 0.2) is 97.2 Å². The first-order valence-corrected chi connectivity index (χ1v) is 30.2. The summed E-state index contributed by atoms with van der Waals surface area (Å²) in [4.78, 5) is 38.2. The van der Waals surface area contributed by atoms with Crippen molar-refractivity contribution in [2.75, 3.05) is 13.2 Å². The van der Waals surface area contributed by atoms with Crippen molar-refractivity contribution in [3.8, 4) is 0 Å². The minimum absolute atomic E-state index is 0.0985. The van der Waals surface area contributed by atoms with Gasteiger partial charge in [0, 0.05) is 19.3 Å². The Balaban J connectivity index is 4.47. The molecule has 412 valence electrons. The van der Waals surface area contributed by atoms with Gasteiger partial charge in [-0.1, -0.05) is 259 Å². The molecule has 0 saturated heterocycles. The molecule has 1 atom stereocenters. The second kappa shape index (κ2) is 59.9. The van der Waals surface area contributed by atoms with E-state index in [-0.39, 0.29) is 31.1 Å². The Kier molecular flexibility index (Phi) is 56.8. The second-order valence-corrected chi connectivity index (χ2v) is 19.9. The fraction of sp³-hybridized carbons (Fsp3) is 0.712. The Morgan fingerprint density at radius 3 is 0.889 bits per heavy atom. The summed E-state index contributed by atoms with van der Waals surface area (Å²) < 4.78 is 16.9. The van der Waals surface area contributed by atoms with Crippen LogP contribution >= 0.6 is 0 Å². The van der Waals surface area contributed by atoms with Crippen molar-refractivity contribution in [1.82, 2.24) is 0 Å². The lowest BCUT2D eigenvalue weighted by atomic mass is 10.0. The molecule has 72 heavy (non-hydrogen) atoms. The number of hydrogen-bond acceptors (Lipinski definition) is 6. The SMILES string of the molecule is CC/C=C\C/C=C\C/C=C\C/C=C\C/C=C\CCCCCC(=O)OC[C@@H](COC(=O)CCCCCC/C=C\C/C=C\C/C=C\CCCCC)OC(=O)CCCCCCCCCCCCCCCCCCCC. The number of esters is 3. The van der Waals surface area contributed by atoms with Crippen LogP contribution in [0.5, 0.6) is 0 Å². The van der Waals surface area contributed by atoms with Crippen LogP contribution in [-0.4, -0.2) is 37.2 Å². The van der Waals surface area contributed by atoms with E-state index in [4.69, 9.17) is 14.2 Å². The Morgan fingerprint density at radius 1 is 0.292 bits per heavy atom. The van der Waals surface area contributed by atoms with Gasteiger partial charge in [0.05, 0.1) is 0 Å². The number of carbonyl (C=O) groups excluding carboxylic acids is 3. The topological polar surface area (TPSA) is 78.9 Å². The molecule has 0 bridgehead atoms. The molecule has 0 amide bonds. The Hall–Kier alpha value is -3.67. The molecule has 0 spiro atoms. The van der Waals surface area contributed by atoms with E-state index in [1.807, 2.05) is 0 Å².